The molecule has 1 saturated carbocycles. The summed E-state index contributed by atoms with van der Waals surface area (Å²) in [6.07, 6.45) is 1.93. The zero-order chi connectivity index (χ0) is 21.6. The number of hydrogen-bond acceptors (Lipinski definition) is 4. The average molecular weight is 405 g/mol. The number of fused-ring (bicyclic) bond motifs is 1. The van der Waals surface area contributed by atoms with Crippen LogP contribution in [0, 0.1) is 20.8 Å². The van der Waals surface area contributed by atoms with E-state index in [0.717, 1.165) is 51.9 Å². The number of H-pyrrole nitrogens is 1. The van der Waals surface area contributed by atoms with E-state index in [4.69, 9.17) is 4.98 Å². The van der Waals surface area contributed by atoms with Crippen molar-refractivity contribution in [3.05, 3.63) is 68.6 Å². The van der Waals surface area contributed by atoms with Crippen LogP contribution >= 0.6 is 0 Å². The van der Waals surface area contributed by atoms with E-state index in [9.17, 15) is 9.59 Å². The summed E-state index contributed by atoms with van der Waals surface area (Å²) < 4.78 is 0. The van der Waals surface area contributed by atoms with Gasteiger partial charge in [0.05, 0.1) is 5.52 Å². The molecular formula is C24H28N4O2. The summed E-state index contributed by atoms with van der Waals surface area (Å²) in [5, 5.41) is 1.05. The predicted molar refractivity (Wildman–Crippen MR) is 120 cm³/mol. The van der Waals surface area contributed by atoms with Crippen LogP contribution in [-0.4, -0.2) is 40.9 Å². The number of benzene rings is 1. The molecule has 2 aromatic heterocycles. The molecule has 2 heterocycles. The van der Waals surface area contributed by atoms with Gasteiger partial charge in [0.2, 0.25) is 0 Å². The molecule has 30 heavy (non-hydrogen) atoms. The van der Waals surface area contributed by atoms with Crippen LogP contribution in [0.15, 0.2) is 35.1 Å². The Hall–Kier alpha value is -3.15. The number of aromatic amines is 1. The maximum Gasteiger partial charge on any atom is 0.261 e. The Kier molecular flexibility index (Phi) is 5.10. The largest absolute Gasteiger partial charge is 0.362 e. The van der Waals surface area contributed by atoms with Crippen LogP contribution < -0.4 is 10.5 Å². The molecule has 156 valence electrons. The van der Waals surface area contributed by atoms with E-state index in [2.05, 4.69) is 36.2 Å². The van der Waals surface area contributed by atoms with Crippen molar-refractivity contribution in [2.45, 2.75) is 46.2 Å². The predicted octanol–water partition coefficient (Wildman–Crippen LogP) is 3.72. The molecule has 0 spiro atoms. The van der Waals surface area contributed by atoms with Gasteiger partial charge in [-0.25, -0.2) is 4.98 Å². The van der Waals surface area contributed by atoms with Crippen LogP contribution in [-0.2, 0) is 6.54 Å². The Labute approximate surface area is 176 Å². The SMILES string of the molecule is Cc1ccc2cc(CN(C(=O)c3cc(C)c(C)[nH]c3=O)C3CC3)c(N(C)C)nc2c1. The first-order valence-corrected chi connectivity index (χ1v) is 10.3. The van der Waals surface area contributed by atoms with E-state index in [1.165, 1.54) is 0 Å². The summed E-state index contributed by atoms with van der Waals surface area (Å²) in [5.41, 5.74) is 4.67. The smallest absolute Gasteiger partial charge is 0.261 e. The molecule has 6 nitrogen and oxygen atoms in total. The highest BCUT2D eigenvalue weighted by Crippen LogP contribution is 2.32. The van der Waals surface area contributed by atoms with Crippen LogP contribution in [0.25, 0.3) is 10.9 Å². The summed E-state index contributed by atoms with van der Waals surface area (Å²) in [4.78, 5) is 37.4. The van der Waals surface area contributed by atoms with Gasteiger partial charge < -0.3 is 14.8 Å². The number of pyridine rings is 2. The minimum atomic E-state index is -0.325. The van der Waals surface area contributed by atoms with Gasteiger partial charge in [-0.3, -0.25) is 9.59 Å². The van der Waals surface area contributed by atoms with Gasteiger partial charge in [-0.15, -0.1) is 0 Å². The fraction of sp³-hybridized carbons (Fsp3) is 0.375. The quantitative estimate of drug-likeness (QED) is 0.704. The Bertz CT molecular complexity index is 1190. The van der Waals surface area contributed by atoms with Gasteiger partial charge in [0.15, 0.2) is 0 Å². The first kappa shape index (κ1) is 20.1. The molecule has 0 saturated heterocycles. The first-order valence-electron chi connectivity index (χ1n) is 10.3. The third-order valence-electron chi connectivity index (χ3n) is 5.77. The van der Waals surface area contributed by atoms with Gasteiger partial charge in [0, 0.05) is 43.3 Å². The van der Waals surface area contributed by atoms with Crippen molar-refractivity contribution in [1.29, 1.82) is 0 Å². The molecule has 0 bridgehead atoms. The molecule has 0 unspecified atom stereocenters. The average Bonchev–Trinajstić information content (AvgIpc) is 3.52. The second-order valence-corrected chi connectivity index (χ2v) is 8.55. The molecule has 1 amide bonds. The van der Waals surface area contributed by atoms with Crippen molar-refractivity contribution in [3.63, 3.8) is 0 Å². The molecule has 1 N–H and O–H groups in total. The van der Waals surface area contributed by atoms with E-state index in [1.54, 1.807) is 6.07 Å². The van der Waals surface area contributed by atoms with Crippen molar-refractivity contribution >= 4 is 22.6 Å². The highest BCUT2D eigenvalue weighted by atomic mass is 16.2. The zero-order valence-corrected chi connectivity index (χ0v) is 18.2. The van der Waals surface area contributed by atoms with E-state index in [-0.39, 0.29) is 23.1 Å². The highest BCUT2D eigenvalue weighted by molar-refractivity contribution is 5.94. The molecular weight excluding hydrogens is 376 g/mol. The van der Waals surface area contributed by atoms with Crippen molar-refractivity contribution in [2.75, 3.05) is 19.0 Å². The topological polar surface area (TPSA) is 69.3 Å². The third kappa shape index (κ3) is 3.82. The molecule has 3 aromatic rings. The lowest BCUT2D eigenvalue weighted by Crippen LogP contribution is -2.36. The van der Waals surface area contributed by atoms with Gasteiger partial charge in [-0.2, -0.15) is 0 Å². The van der Waals surface area contributed by atoms with E-state index >= 15 is 0 Å². The number of aryl methyl sites for hydroxylation is 3. The molecule has 0 aliphatic heterocycles. The Balaban J connectivity index is 1.75. The number of aromatic nitrogens is 2. The van der Waals surface area contributed by atoms with Crippen molar-refractivity contribution < 1.29 is 4.79 Å². The molecule has 0 radical (unpaired) electrons. The van der Waals surface area contributed by atoms with Crippen LogP contribution in [0.3, 0.4) is 0 Å². The number of hydrogen-bond donors (Lipinski definition) is 1. The summed E-state index contributed by atoms with van der Waals surface area (Å²) in [6.45, 7) is 6.23. The number of rotatable bonds is 5. The second-order valence-electron chi connectivity index (χ2n) is 8.55. The standard InChI is InChI=1S/C24H28N4O2/c1-14-6-7-17-12-18(22(27(4)5)26-21(17)10-14)13-28(19-8-9-19)24(30)20-11-15(2)16(3)25-23(20)29/h6-7,10-12,19H,8-9,13H2,1-5H3,(H,25,29). The van der Waals surface area contributed by atoms with Gasteiger partial charge in [0.1, 0.15) is 11.4 Å². The molecule has 1 aliphatic rings. The summed E-state index contributed by atoms with van der Waals surface area (Å²) in [5.74, 6) is 0.635. The van der Waals surface area contributed by atoms with Crippen molar-refractivity contribution in [2.24, 2.45) is 0 Å². The molecule has 6 heteroatoms. The van der Waals surface area contributed by atoms with Crippen LogP contribution in [0.4, 0.5) is 5.82 Å². The molecule has 1 aliphatic carbocycles. The summed E-state index contributed by atoms with van der Waals surface area (Å²) in [7, 11) is 3.93. The van der Waals surface area contributed by atoms with Gasteiger partial charge >= 0.3 is 0 Å². The Morgan fingerprint density at radius 3 is 2.53 bits per heavy atom. The number of amides is 1. The van der Waals surface area contributed by atoms with E-state index in [1.807, 2.05) is 37.7 Å². The molecule has 0 atom stereocenters. The van der Waals surface area contributed by atoms with Crippen LogP contribution in [0.2, 0.25) is 0 Å². The van der Waals surface area contributed by atoms with Crippen LogP contribution in [0.5, 0.6) is 0 Å². The normalized spacial score (nSPS) is 13.5. The van der Waals surface area contributed by atoms with E-state index < -0.39 is 0 Å². The van der Waals surface area contributed by atoms with Crippen LogP contribution in [0.1, 0.15) is 45.6 Å². The lowest BCUT2D eigenvalue weighted by Gasteiger charge is -2.25. The minimum Gasteiger partial charge on any atom is -0.362 e. The van der Waals surface area contributed by atoms with Gasteiger partial charge in [-0.05, 0) is 62.9 Å². The van der Waals surface area contributed by atoms with Gasteiger partial charge in [-0.1, -0.05) is 12.1 Å². The maximum absolute atomic E-state index is 13.4. The highest BCUT2D eigenvalue weighted by Gasteiger charge is 2.35. The second kappa shape index (κ2) is 7.59. The number of nitrogens with one attached hydrogen (secondary N) is 1. The molecule has 4 rings (SSSR count). The molecule has 1 aromatic carbocycles. The minimum absolute atomic E-state index is 0.169. The third-order valence-corrected chi connectivity index (χ3v) is 5.77. The summed E-state index contributed by atoms with van der Waals surface area (Å²) in [6, 6.07) is 10.2. The fourth-order valence-corrected chi connectivity index (χ4v) is 3.79. The van der Waals surface area contributed by atoms with E-state index in [0.29, 0.717) is 6.54 Å². The Morgan fingerprint density at radius 2 is 1.87 bits per heavy atom. The van der Waals surface area contributed by atoms with Crippen molar-refractivity contribution in [1.82, 2.24) is 14.9 Å². The lowest BCUT2D eigenvalue weighted by molar-refractivity contribution is 0.0728. The lowest BCUT2D eigenvalue weighted by atomic mass is 10.1. The fourth-order valence-electron chi connectivity index (χ4n) is 3.79. The maximum atomic E-state index is 13.4. The van der Waals surface area contributed by atoms with Crippen molar-refractivity contribution in [3.8, 4) is 0 Å². The Morgan fingerprint density at radius 1 is 1.13 bits per heavy atom. The zero-order valence-electron chi connectivity index (χ0n) is 18.2. The number of carbonyl (C=O) groups excluding carboxylic acids is 1. The number of carbonyl (C=O) groups is 1. The van der Waals surface area contributed by atoms with Gasteiger partial charge in [0.25, 0.3) is 11.5 Å². The monoisotopic (exact) mass is 404 g/mol. The first-order chi connectivity index (χ1) is 14.2. The number of nitrogens with zero attached hydrogens (tertiary/aromatic N) is 3. The molecule has 1 fully saturated rings. The summed E-state index contributed by atoms with van der Waals surface area (Å²) >= 11 is 0. The number of anilines is 1.